The van der Waals surface area contributed by atoms with Crippen LogP contribution in [0.3, 0.4) is 0 Å². The number of ether oxygens (including phenoxy) is 2. The van der Waals surface area contributed by atoms with Gasteiger partial charge in [-0.3, -0.25) is 9.59 Å². The predicted octanol–water partition coefficient (Wildman–Crippen LogP) is 3.39. The van der Waals surface area contributed by atoms with Gasteiger partial charge in [-0.2, -0.15) is 0 Å². The summed E-state index contributed by atoms with van der Waals surface area (Å²) in [4.78, 5) is 24.3. The van der Waals surface area contributed by atoms with E-state index in [0.29, 0.717) is 24.3 Å². The maximum absolute atomic E-state index is 12.3. The zero-order valence-electron chi connectivity index (χ0n) is 15.3. The summed E-state index contributed by atoms with van der Waals surface area (Å²) in [6.07, 6.45) is 0.500. The van der Waals surface area contributed by atoms with E-state index in [1.807, 2.05) is 44.2 Å². The first-order valence-electron chi connectivity index (χ1n) is 8.68. The summed E-state index contributed by atoms with van der Waals surface area (Å²) in [6, 6.07) is 11.2. The van der Waals surface area contributed by atoms with Crippen LogP contribution in [0.1, 0.15) is 46.3 Å². The molecule has 0 heterocycles. The molecule has 0 aromatic heterocycles. The van der Waals surface area contributed by atoms with Crippen molar-refractivity contribution in [2.45, 2.75) is 32.7 Å². The molecule has 0 radical (unpaired) electrons. The highest BCUT2D eigenvalue weighted by Gasteiger charge is 2.31. The van der Waals surface area contributed by atoms with E-state index in [1.165, 1.54) is 0 Å². The lowest BCUT2D eigenvalue weighted by molar-refractivity contribution is -0.123. The number of rotatable bonds is 6. The summed E-state index contributed by atoms with van der Waals surface area (Å²) in [5.41, 5.74) is 3.75. The molecule has 5 heteroatoms. The highest BCUT2D eigenvalue weighted by atomic mass is 16.5. The summed E-state index contributed by atoms with van der Waals surface area (Å²) >= 11 is 0. The first-order valence-corrected chi connectivity index (χ1v) is 8.68. The summed E-state index contributed by atoms with van der Waals surface area (Å²) < 4.78 is 10.8. The summed E-state index contributed by atoms with van der Waals surface area (Å²) in [6.45, 7) is 4.34. The second kappa shape index (κ2) is 7.60. The lowest BCUT2D eigenvalue weighted by atomic mass is 9.97. The van der Waals surface area contributed by atoms with Crippen LogP contribution in [0.4, 0.5) is 0 Å². The van der Waals surface area contributed by atoms with Crippen molar-refractivity contribution < 1.29 is 19.1 Å². The SMILES string of the molecule is COc1ccc(CNC(=O)COc2ccc(C)c3c2C(=O)CC3C)cc1. The average Bonchev–Trinajstić information content (AvgIpc) is 2.95. The maximum Gasteiger partial charge on any atom is 0.258 e. The van der Waals surface area contributed by atoms with E-state index in [1.54, 1.807) is 13.2 Å². The fourth-order valence-electron chi connectivity index (χ4n) is 3.37. The number of carbonyl (C=O) groups is 2. The topological polar surface area (TPSA) is 64.6 Å². The maximum atomic E-state index is 12.3. The Morgan fingerprint density at radius 1 is 1.19 bits per heavy atom. The fourth-order valence-corrected chi connectivity index (χ4v) is 3.37. The normalized spacial score (nSPS) is 15.5. The number of amides is 1. The Balaban J connectivity index is 1.59. The number of hydrogen-bond acceptors (Lipinski definition) is 4. The van der Waals surface area contributed by atoms with E-state index in [4.69, 9.17) is 9.47 Å². The number of methoxy groups -OCH3 is 1. The Morgan fingerprint density at radius 3 is 2.62 bits per heavy atom. The number of nitrogens with one attached hydrogen (secondary N) is 1. The number of benzene rings is 2. The highest BCUT2D eigenvalue weighted by Crippen LogP contribution is 2.40. The minimum atomic E-state index is -0.228. The minimum absolute atomic E-state index is 0.0878. The van der Waals surface area contributed by atoms with Crippen LogP contribution in [0.25, 0.3) is 0 Å². The molecule has 2 aromatic rings. The van der Waals surface area contributed by atoms with Gasteiger partial charge in [0.25, 0.3) is 5.91 Å². The van der Waals surface area contributed by atoms with Crippen molar-refractivity contribution in [2.75, 3.05) is 13.7 Å². The van der Waals surface area contributed by atoms with Crippen molar-refractivity contribution in [3.05, 3.63) is 58.7 Å². The highest BCUT2D eigenvalue weighted by molar-refractivity contribution is 6.04. The number of ketones is 1. The first kappa shape index (κ1) is 18.0. The van der Waals surface area contributed by atoms with Crippen molar-refractivity contribution in [3.63, 3.8) is 0 Å². The Hall–Kier alpha value is -2.82. The van der Waals surface area contributed by atoms with Gasteiger partial charge in [-0.15, -0.1) is 0 Å². The van der Waals surface area contributed by atoms with Crippen LogP contribution in [0, 0.1) is 6.92 Å². The van der Waals surface area contributed by atoms with Crippen LogP contribution in [-0.4, -0.2) is 25.4 Å². The Labute approximate surface area is 153 Å². The lowest BCUT2D eigenvalue weighted by Crippen LogP contribution is -2.28. The lowest BCUT2D eigenvalue weighted by Gasteiger charge is -2.13. The van der Waals surface area contributed by atoms with Gasteiger partial charge in [-0.05, 0) is 47.7 Å². The summed E-state index contributed by atoms with van der Waals surface area (Å²) in [5.74, 6) is 1.33. The molecule has 1 amide bonds. The third-order valence-electron chi connectivity index (χ3n) is 4.70. The zero-order chi connectivity index (χ0) is 18.7. The van der Waals surface area contributed by atoms with Gasteiger partial charge < -0.3 is 14.8 Å². The number of aryl methyl sites for hydroxylation is 1. The molecule has 0 spiro atoms. The monoisotopic (exact) mass is 353 g/mol. The number of carbonyl (C=O) groups excluding carboxylic acids is 2. The average molecular weight is 353 g/mol. The number of fused-ring (bicyclic) bond motifs is 1. The molecule has 1 N–H and O–H groups in total. The second-order valence-corrected chi connectivity index (χ2v) is 6.61. The van der Waals surface area contributed by atoms with Crippen LogP contribution < -0.4 is 14.8 Å². The number of hydrogen-bond donors (Lipinski definition) is 1. The third-order valence-corrected chi connectivity index (χ3v) is 4.70. The molecule has 1 unspecified atom stereocenters. The second-order valence-electron chi connectivity index (χ2n) is 6.61. The predicted molar refractivity (Wildman–Crippen MR) is 98.9 cm³/mol. The van der Waals surface area contributed by atoms with Crippen LogP contribution in [0.5, 0.6) is 11.5 Å². The van der Waals surface area contributed by atoms with E-state index in [-0.39, 0.29) is 24.2 Å². The molecule has 1 aliphatic rings. The van der Waals surface area contributed by atoms with E-state index >= 15 is 0 Å². The van der Waals surface area contributed by atoms with Crippen molar-refractivity contribution in [1.29, 1.82) is 0 Å². The van der Waals surface area contributed by atoms with Crippen molar-refractivity contribution in [1.82, 2.24) is 5.32 Å². The molecule has 2 aromatic carbocycles. The van der Waals surface area contributed by atoms with Gasteiger partial charge >= 0.3 is 0 Å². The van der Waals surface area contributed by atoms with Gasteiger partial charge in [0.05, 0.1) is 12.7 Å². The molecule has 1 aliphatic carbocycles. The Morgan fingerprint density at radius 2 is 1.92 bits per heavy atom. The zero-order valence-corrected chi connectivity index (χ0v) is 15.3. The molecule has 0 saturated carbocycles. The molecule has 5 nitrogen and oxygen atoms in total. The molecule has 26 heavy (non-hydrogen) atoms. The fraction of sp³-hybridized carbons (Fsp3) is 0.333. The molecule has 0 bridgehead atoms. The van der Waals surface area contributed by atoms with Crippen LogP contribution in [0.2, 0.25) is 0 Å². The van der Waals surface area contributed by atoms with Crippen LogP contribution >= 0.6 is 0 Å². The summed E-state index contributed by atoms with van der Waals surface area (Å²) in [7, 11) is 1.61. The molecular weight excluding hydrogens is 330 g/mol. The van der Waals surface area contributed by atoms with E-state index < -0.39 is 0 Å². The molecular formula is C21H23NO4. The van der Waals surface area contributed by atoms with Gasteiger partial charge in [-0.25, -0.2) is 0 Å². The Kier molecular flexibility index (Phi) is 5.26. The summed E-state index contributed by atoms with van der Waals surface area (Å²) in [5, 5.41) is 2.82. The molecule has 3 rings (SSSR count). The first-order chi connectivity index (χ1) is 12.5. The third kappa shape index (κ3) is 3.72. The smallest absolute Gasteiger partial charge is 0.258 e. The molecule has 136 valence electrons. The van der Waals surface area contributed by atoms with Crippen molar-refractivity contribution in [2.24, 2.45) is 0 Å². The van der Waals surface area contributed by atoms with Gasteiger partial charge in [0.15, 0.2) is 12.4 Å². The van der Waals surface area contributed by atoms with Gasteiger partial charge in [0.2, 0.25) is 0 Å². The largest absolute Gasteiger partial charge is 0.497 e. The Bertz CT molecular complexity index is 827. The quantitative estimate of drug-likeness (QED) is 0.865. The molecule has 0 fully saturated rings. The van der Waals surface area contributed by atoms with Crippen molar-refractivity contribution >= 4 is 11.7 Å². The van der Waals surface area contributed by atoms with Crippen LogP contribution in [-0.2, 0) is 11.3 Å². The van der Waals surface area contributed by atoms with E-state index in [9.17, 15) is 9.59 Å². The van der Waals surface area contributed by atoms with Gasteiger partial charge in [0, 0.05) is 13.0 Å². The minimum Gasteiger partial charge on any atom is -0.497 e. The molecule has 0 aliphatic heterocycles. The standard InChI is InChI=1S/C21H23NO4/c1-13-4-9-18(21-17(23)10-14(2)20(13)21)26-12-19(24)22-11-15-5-7-16(25-3)8-6-15/h4-9,14H,10-12H2,1-3H3,(H,22,24). The van der Waals surface area contributed by atoms with E-state index in [2.05, 4.69) is 5.32 Å². The van der Waals surface area contributed by atoms with Crippen molar-refractivity contribution in [3.8, 4) is 11.5 Å². The molecule has 1 atom stereocenters. The van der Waals surface area contributed by atoms with Gasteiger partial charge in [0.1, 0.15) is 11.5 Å². The van der Waals surface area contributed by atoms with Crippen LogP contribution in [0.15, 0.2) is 36.4 Å². The molecule has 0 saturated heterocycles. The van der Waals surface area contributed by atoms with Gasteiger partial charge in [-0.1, -0.05) is 25.1 Å². The van der Waals surface area contributed by atoms with E-state index in [0.717, 1.165) is 22.4 Å². The number of Topliss-reactive ketones (excluding diaryl/α,β-unsaturated/α-hetero) is 1.